The number of nitrogens with one attached hydrogen (secondary N) is 2. The van der Waals surface area contributed by atoms with E-state index in [4.69, 9.17) is 0 Å². The molecular weight excluding hydrogens is 76.1 g/mol. The topological polar surface area (TPSA) is 28.3 Å². The summed E-state index contributed by atoms with van der Waals surface area (Å²) >= 11 is 0. The second kappa shape index (κ2) is 1.50. The molecule has 0 saturated carbocycles. The highest BCUT2D eigenvalue weighted by Gasteiger charge is 1.73. The molecular formula is C4H6N2+2. The lowest BCUT2D eigenvalue weighted by Gasteiger charge is -1.56. The first-order valence-corrected chi connectivity index (χ1v) is 1.82. The molecule has 2 nitrogen and oxygen atoms in total. The van der Waals surface area contributed by atoms with E-state index in [1.165, 1.54) is 0 Å². The van der Waals surface area contributed by atoms with Crippen molar-refractivity contribution in [2.45, 2.75) is 0 Å². The van der Waals surface area contributed by atoms with Gasteiger partial charge in [-0.15, -0.1) is 0 Å². The van der Waals surface area contributed by atoms with Gasteiger partial charge in [0.2, 0.25) is 0 Å². The van der Waals surface area contributed by atoms with Gasteiger partial charge in [-0.2, -0.15) is 9.97 Å². The normalized spacial score (nSPS) is 8.00. The summed E-state index contributed by atoms with van der Waals surface area (Å²) in [5, 5.41) is 0. The van der Waals surface area contributed by atoms with Crippen molar-refractivity contribution in [3.8, 4) is 0 Å². The third kappa shape index (κ3) is 0.516. The molecule has 1 aromatic heterocycles. The van der Waals surface area contributed by atoms with E-state index in [9.17, 15) is 0 Å². The highest BCUT2D eigenvalue weighted by molar-refractivity contribution is 4.60. The van der Waals surface area contributed by atoms with Crippen LogP contribution in [0.2, 0.25) is 0 Å². The zero-order chi connectivity index (χ0) is 4.24. The van der Waals surface area contributed by atoms with Crippen LogP contribution in [0, 0.1) is 0 Å². The van der Waals surface area contributed by atoms with Gasteiger partial charge < -0.3 is 0 Å². The van der Waals surface area contributed by atoms with Crippen molar-refractivity contribution in [2.24, 2.45) is 0 Å². The van der Waals surface area contributed by atoms with Crippen molar-refractivity contribution >= 4 is 0 Å². The summed E-state index contributed by atoms with van der Waals surface area (Å²) in [6.45, 7) is 0. The third-order valence-electron chi connectivity index (χ3n) is 0.552. The average Bonchev–Trinajstić information content (AvgIpc) is 1.72. The number of H-pyrrole nitrogens is 2. The second-order valence-electron chi connectivity index (χ2n) is 1.00. The lowest BCUT2D eigenvalue weighted by Crippen LogP contribution is -2.11. The average molecular weight is 82.1 g/mol. The van der Waals surface area contributed by atoms with Crippen LogP contribution in [-0.2, 0) is 0 Å². The van der Waals surface area contributed by atoms with Crippen LogP contribution in [0.5, 0.6) is 0 Å². The summed E-state index contributed by atoms with van der Waals surface area (Å²) in [6.07, 6.45) is 5.44. The van der Waals surface area contributed by atoms with E-state index in [1.54, 1.807) is 6.33 Å². The molecule has 0 aliphatic carbocycles. The van der Waals surface area contributed by atoms with E-state index in [0.717, 1.165) is 0 Å². The van der Waals surface area contributed by atoms with Crippen molar-refractivity contribution in [1.82, 2.24) is 0 Å². The number of hydrogen-bond donors (Lipinski definition) is 0. The van der Waals surface area contributed by atoms with Crippen LogP contribution >= 0.6 is 0 Å². The molecule has 0 aliphatic heterocycles. The summed E-state index contributed by atoms with van der Waals surface area (Å²) in [5.41, 5.74) is 0. The van der Waals surface area contributed by atoms with Gasteiger partial charge >= 0.3 is 6.33 Å². The standard InChI is InChI=1S/C4H4N2/c1-2-5-4-6-3-1/h1-4H/p+2. The van der Waals surface area contributed by atoms with E-state index in [2.05, 4.69) is 9.97 Å². The van der Waals surface area contributed by atoms with Crippen molar-refractivity contribution in [3.05, 3.63) is 24.8 Å². The minimum atomic E-state index is 1.75. The van der Waals surface area contributed by atoms with Gasteiger partial charge in [0.1, 0.15) is 0 Å². The minimum Gasteiger partial charge on any atom is -0.162 e. The van der Waals surface area contributed by atoms with E-state index >= 15 is 0 Å². The van der Waals surface area contributed by atoms with Crippen molar-refractivity contribution in [1.29, 1.82) is 0 Å². The van der Waals surface area contributed by atoms with Crippen LogP contribution < -0.4 is 9.97 Å². The minimum absolute atomic E-state index is 1.75. The molecule has 0 radical (unpaired) electrons. The number of aromatic amines is 2. The first-order valence-electron chi connectivity index (χ1n) is 1.82. The fourth-order valence-electron chi connectivity index (χ4n) is 0.304. The molecule has 1 heterocycles. The molecule has 1 aromatic rings. The maximum Gasteiger partial charge on any atom is 0.403 e. The molecule has 2 N–H and O–H groups in total. The summed E-state index contributed by atoms with van der Waals surface area (Å²) in [5.74, 6) is 0. The van der Waals surface area contributed by atoms with Gasteiger partial charge in [-0.3, -0.25) is 0 Å². The molecule has 30 valence electrons. The maximum atomic E-state index is 2.84. The number of hydrogen-bond acceptors (Lipinski definition) is 0. The Morgan fingerprint density at radius 2 is 1.67 bits per heavy atom. The largest absolute Gasteiger partial charge is 0.403 e. The van der Waals surface area contributed by atoms with Crippen LogP contribution in [0.3, 0.4) is 0 Å². The molecule has 6 heavy (non-hydrogen) atoms. The van der Waals surface area contributed by atoms with E-state index < -0.39 is 0 Å². The molecule has 0 spiro atoms. The predicted octanol–water partition coefficient (Wildman–Crippen LogP) is -0.685. The summed E-state index contributed by atoms with van der Waals surface area (Å²) in [4.78, 5) is 5.67. The van der Waals surface area contributed by atoms with Crippen LogP contribution in [0.1, 0.15) is 0 Å². The van der Waals surface area contributed by atoms with Crippen LogP contribution in [0.25, 0.3) is 0 Å². The molecule has 0 saturated heterocycles. The van der Waals surface area contributed by atoms with Gasteiger partial charge in [0.25, 0.3) is 0 Å². The van der Waals surface area contributed by atoms with Crippen molar-refractivity contribution in [2.75, 3.05) is 0 Å². The molecule has 0 aliphatic rings. The molecule has 0 atom stereocenters. The smallest absolute Gasteiger partial charge is 0.162 e. The number of rotatable bonds is 0. The number of aromatic nitrogens is 2. The third-order valence-corrected chi connectivity index (χ3v) is 0.552. The zero-order valence-corrected chi connectivity index (χ0v) is 3.31. The molecule has 0 unspecified atom stereocenters. The Labute approximate surface area is 35.9 Å². The first-order chi connectivity index (χ1) is 3.00. The maximum absolute atomic E-state index is 2.84. The van der Waals surface area contributed by atoms with Gasteiger partial charge in [0.05, 0.1) is 6.07 Å². The molecule has 0 fully saturated rings. The monoisotopic (exact) mass is 82.1 g/mol. The SMILES string of the molecule is c1c[nH+]c[nH+]c1. The van der Waals surface area contributed by atoms with Gasteiger partial charge in [-0.05, 0) is 0 Å². The fraction of sp³-hybridized carbons (Fsp3) is 0. The molecule has 0 aromatic carbocycles. The van der Waals surface area contributed by atoms with E-state index in [0.29, 0.717) is 0 Å². The Hall–Kier alpha value is -0.920. The fourth-order valence-corrected chi connectivity index (χ4v) is 0.304. The lowest BCUT2D eigenvalue weighted by atomic mass is 10.7. The van der Waals surface area contributed by atoms with Crippen LogP contribution in [0.15, 0.2) is 24.8 Å². The molecule has 0 bridgehead atoms. The quantitative estimate of drug-likeness (QED) is 0.396. The van der Waals surface area contributed by atoms with Gasteiger partial charge in [-0.1, -0.05) is 0 Å². The lowest BCUT2D eigenvalue weighted by molar-refractivity contribution is -0.531. The predicted molar refractivity (Wildman–Crippen MR) is 19.6 cm³/mol. The highest BCUT2D eigenvalue weighted by Crippen LogP contribution is 1.53. The summed E-state index contributed by atoms with van der Waals surface area (Å²) < 4.78 is 0. The molecule has 2 heteroatoms. The Morgan fingerprint density at radius 1 is 1.00 bits per heavy atom. The van der Waals surface area contributed by atoms with Gasteiger partial charge in [0.15, 0.2) is 12.4 Å². The van der Waals surface area contributed by atoms with Crippen LogP contribution in [-0.4, -0.2) is 0 Å². The van der Waals surface area contributed by atoms with E-state index in [-0.39, 0.29) is 0 Å². The summed E-state index contributed by atoms with van der Waals surface area (Å²) in [7, 11) is 0. The second-order valence-corrected chi connectivity index (χ2v) is 1.00. The van der Waals surface area contributed by atoms with Crippen molar-refractivity contribution < 1.29 is 9.97 Å². The van der Waals surface area contributed by atoms with E-state index in [1.807, 2.05) is 18.5 Å². The molecule has 1 rings (SSSR count). The first kappa shape index (κ1) is 3.28. The van der Waals surface area contributed by atoms with Gasteiger partial charge in [-0.25, -0.2) is 0 Å². The van der Waals surface area contributed by atoms with Crippen LogP contribution in [0.4, 0.5) is 0 Å². The zero-order valence-electron chi connectivity index (χ0n) is 3.31. The Kier molecular flexibility index (Phi) is 0.819. The highest BCUT2D eigenvalue weighted by atomic mass is 14.8. The van der Waals surface area contributed by atoms with Gasteiger partial charge in [0, 0.05) is 0 Å². The Bertz CT molecular complexity index is 77.5. The molecule has 0 amide bonds. The summed E-state index contributed by atoms with van der Waals surface area (Å²) in [6, 6.07) is 1.89. The Morgan fingerprint density at radius 3 is 1.83 bits per heavy atom. The van der Waals surface area contributed by atoms with Crippen molar-refractivity contribution in [3.63, 3.8) is 0 Å². The Balaban J connectivity index is 3.00.